The molecular formula is C34H28N8. The second kappa shape index (κ2) is 8.63. The first kappa shape index (κ1) is 23.5. The maximum absolute atomic E-state index is 5.43. The lowest BCUT2D eigenvalue weighted by atomic mass is 10.1. The Labute approximate surface area is 243 Å². The molecule has 8 heteroatoms. The Morgan fingerprint density at radius 1 is 0.476 bits per heavy atom. The molecule has 204 valence electrons. The molecule has 2 N–H and O–H groups in total. The van der Waals surface area contributed by atoms with Crippen LogP contribution in [0.2, 0.25) is 0 Å². The molecule has 9 rings (SSSR count). The highest BCUT2D eigenvalue weighted by Crippen LogP contribution is 2.41. The van der Waals surface area contributed by atoms with E-state index in [4.69, 9.17) is 20.0 Å². The highest BCUT2D eigenvalue weighted by molar-refractivity contribution is 6.09. The molecule has 0 amide bonds. The van der Waals surface area contributed by atoms with Gasteiger partial charge in [0, 0.05) is 58.6 Å². The number of fused-ring (bicyclic) bond motifs is 19. The molecule has 4 unspecified atom stereocenters. The van der Waals surface area contributed by atoms with Crippen LogP contribution in [-0.4, -0.2) is 47.2 Å². The van der Waals surface area contributed by atoms with Gasteiger partial charge in [0.1, 0.15) is 29.5 Å². The Balaban J connectivity index is 1.30. The molecule has 4 aromatic rings. The van der Waals surface area contributed by atoms with Crippen molar-refractivity contribution >= 4 is 23.3 Å². The summed E-state index contributed by atoms with van der Waals surface area (Å²) in [5.41, 5.74) is 8.87. The van der Waals surface area contributed by atoms with E-state index in [9.17, 15) is 0 Å². The number of amidine groups is 4. The van der Waals surface area contributed by atoms with E-state index in [1.54, 1.807) is 0 Å². The van der Waals surface area contributed by atoms with E-state index in [2.05, 4.69) is 132 Å². The third-order valence-corrected chi connectivity index (χ3v) is 8.94. The molecule has 5 aliphatic rings. The molecule has 0 radical (unpaired) electrons. The molecule has 0 spiro atoms. The van der Waals surface area contributed by atoms with Gasteiger partial charge in [0.05, 0.1) is 0 Å². The van der Waals surface area contributed by atoms with E-state index in [1.165, 1.54) is 0 Å². The van der Waals surface area contributed by atoms with Crippen LogP contribution in [-0.2, 0) is 0 Å². The minimum absolute atomic E-state index is 0.180. The van der Waals surface area contributed by atoms with Crippen LogP contribution in [0, 0.1) is 0 Å². The number of nitrogens with zero attached hydrogens (tertiary/aromatic N) is 6. The van der Waals surface area contributed by atoms with E-state index in [-0.39, 0.29) is 24.7 Å². The number of rotatable bonds is 0. The molecule has 5 heterocycles. The second-order valence-electron chi connectivity index (χ2n) is 11.3. The Morgan fingerprint density at radius 3 is 1.57 bits per heavy atom. The average molecular weight is 549 g/mol. The molecule has 4 aromatic carbocycles. The first-order valence-corrected chi connectivity index (χ1v) is 14.3. The van der Waals surface area contributed by atoms with Crippen molar-refractivity contribution in [3.8, 4) is 0 Å². The Morgan fingerprint density at radius 2 is 0.929 bits per heavy atom. The number of hydrogen-bond acceptors (Lipinski definition) is 8. The second-order valence-corrected chi connectivity index (χ2v) is 11.3. The van der Waals surface area contributed by atoms with Gasteiger partial charge in [-0.1, -0.05) is 97.1 Å². The third kappa shape index (κ3) is 3.23. The van der Waals surface area contributed by atoms with Crippen LogP contribution < -0.4 is 10.6 Å². The quantitative estimate of drug-likeness (QED) is 0.328. The van der Waals surface area contributed by atoms with Gasteiger partial charge in [-0.15, -0.1) is 0 Å². The van der Waals surface area contributed by atoms with E-state index < -0.39 is 0 Å². The minimum Gasteiger partial charge on any atom is -0.346 e. The van der Waals surface area contributed by atoms with Crippen LogP contribution >= 0.6 is 0 Å². The van der Waals surface area contributed by atoms with Gasteiger partial charge in [-0.05, 0) is 0 Å². The number of nitrogens with one attached hydrogen (secondary N) is 2. The van der Waals surface area contributed by atoms with Gasteiger partial charge >= 0.3 is 0 Å². The average Bonchev–Trinajstić information content (AvgIpc) is 3.71. The van der Waals surface area contributed by atoms with Crippen molar-refractivity contribution in [2.45, 2.75) is 24.7 Å². The largest absolute Gasteiger partial charge is 0.346 e. The Hall–Kier alpha value is -5.24. The Bertz CT molecular complexity index is 1920. The first-order valence-electron chi connectivity index (χ1n) is 14.3. The van der Waals surface area contributed by atoms with Crippen LogP contribution in [0.25, 0.3) is 0 Å². The van der Waals surface area contributed by atoms with Gasteiger partial charge in [-0.25, -0.2) is 20.0 Å². The van der Waals surface area contributed by atoms with Crippen molar-refractivity contribution in [3.05, 3.63) is 142 Å². The van der Waals surface area contributed by atoms with Gasteiger partial charge in [-0.3, -0.25) is 0 Å². The number of aliphatic imine (C=N–C) groups is 4. The van der Waals surface area contributed by atoms with Crippen molar-refractivity contribution in [1.29, 1.82) is 0 Å². The molecule has 42 heavy (non-hydrogen) atoms. The third-order valence-electron chi connectivity index (χ3n) is 8.94. The fourth-order valence-electron chi connectivity index (χ4n) is 6.89. The maximum Gasteiger partial charge on any atom is 0.170 e. The fourth-order valence-corrected chi connectivity index (χ4v) is 6.89. The van der Waals surface area contributed by atoms with Crippen LogP contribution in [0.4, 0.5) is 0 Å². The lowest BCUT2D eigenvalue weighted by Crippen LogP contribution is -2.36. The van der Waals surface area contributed by atoms with Crippen molar-refractivity contribution in [3.63, 3.8) is 0 Å². The zero-order chi connectivity index (χ0) is 27.9. The summed E-state index contributed by atoms with van der Waals surface area (Å²) in [5, 5.41) is 7.40. The SMILES string of the molecule is CN1C2=NC3c4ccccc4C(=NC4N=C(NC5NC(=NC1c1ccccc12)c1ccccc15)c1ccccc14)N3C. The zero-order valence-electron chi connectivity index (χ0n) is 23.2. The molecule has 0 aliphatic carbocycles. The Kier molecular flexibility index (Phi) is 4.82. The van der Waals surface area contributed by atoms with Crippen molar-refractivity contribution in [2.24, 2.45) is 20.0 Å². The van der Waals surface area contributed by atoms with Gasteiger partial charge in [-0.2, -0.15) is 0 Å². The van der Waals surface area contributed by atoms with Crippen LogP contribution in [0.5, 0.6) is 0 Å². The van der Waals surface area contributed by atoms with Crippen molar-refractivity contribution in [1.82, 2.24) is 20.4 Å². The van der Waals surface area contributed by atoms with E-state index in [0.29, 0.717) is 0 Å². The van der Waals surface area contributed by atoms with Crippen LogP contribution in [0.3, 0.4) is 0 Å². The predicted octanol–water partition coefficient (Wildman–Crippen LogP) is 4.88. The molecule has 0 fully saturated rings. The maximum atomic E-state index is 5.43. The molecule has 8 nitrogen and oxygen atoms in total. The van der Waals surface area contributed by atoms with Gasteiger partial charge in [0.2, 0.25) is 0 Å². The molecule has 0 aromatic heterocycles. The number of benzene rings is 4. The van der Waals surface area contributed by atoms with E-state index in [0.717, 1.165) is 67.9 Å². The van der Waals surface area contributed by atoms with Crippen molar-refractivity contribution in [2.75, 3.05) is 14.1 Å². The molecule has 0 saturated carbocycles. The fraction of sp³-hybridized carbons (Fsp3) is 0.176. The van der Waals surface area contributed by atoms with Crippen molar-refractivity contribution < 1.29 is 0 Å². The molecule has 8 bridgehead atoms. The van der Waals surface area contributed by atoms with E-state index in [1.807, 2.05) is 0 Å². The standard InChI is InChI=1S/C34H28N8/c1-41-31-23-15-7-9-17-25(23)33(41)40-34-26-18-10-8-16-24(26)32(42(34)2)39-30-22-14-6-4-12-20(22)28(37-30)35-27-19-11-3-5-13-21(19)29(36-27)38-31/h3-18,27,30-31,34H,1-2H3,(H,35,37)(H,36,38). The highest BCUT2D eigenvalue weighted by atomic mass is 15.4. The normalized spacial score (nSPS) is 24.3. The zero-order valence-corrected chi connectivity index (χ0v) is 23.2. The van der Waals surface area contributed by atoms with Gasteiger partial charge in [0.15, 0.2) is 18.5 Å². The van der Waals surface area contributed by atoms with Crippen LogP contribution in [0.15, 0.2) is 117 Å². The molecule has 5 aliphatic heterocycles. The minimum atomic E-state index is -0.363. The molecule has 0 saturated heterocycles. The summed E-state index contributed by atoms with van der Waals surface area (Å²) in [7, 11) is 4.18. The van der Waals surface area contributed by atoms with Gasteiger partial charge in [0.25, 0.3) is 0 Å². The number of hydrogen-bond donors (Lipinski definition) is 2. The van der Waals surface area contributed by atoms with Gasteiger partial charge < -0.3 is 20.4 Å². The van der Waals surface area contributed by atoms with E-state index >= 15 is 0 Å². The summed E-state index contributed by atoms with van der Waals surface area (Å²) in [6.07, 6.45) is -0.984. The molecule has 4 atom stereocenters. The topological polar surface area (TPSA) is 80.0 Å². The predicted molar refractivity (Wildman–Crippen MR) is 165 cm³/mol. The lowest BCUT2D eigenvalue weighted by Gasteiger charge is -2.24. The first-order chi connectivity index (χ1) is 20.7. The summed E-state index contributed by atoms with van der Waals surface area (Å²) >= 11 is 0. The monoisotopic (exact) mass is 548 g/mol. The summed E-state index contributed by atoms with van der Waals surface area (Å²) in [5.74, 6) is 3.50. The summed E-state index contributed by atoms with van der Waals surface area (Å²) < 4.78 is 0. The van der Waals surface area contributed by atoms with Crippen LogP contribution in [0.1, 0.15) is 69.2 Å². The summed E-state index contributed by atoms with van der Waals surface area (Å²) in [4.78, 5) is 25.6. The molecular weight excluding hydrogens is 520 g/mol. The summed E-state index contributed by atoms with van der Waals surface area (Å²) in [6, 6.07) is 33.7. The smallest absolute Gasteiger partial charge is 0.170 e. The lowest BCUT2D eigenvalue weighted by molar-refractivity contribution is 0.378. The summed E-state index contributed by atoms with van der Waals surface area (Å²) in [6.45, 7) is 0. The highest BCUT2D eigenvalue weighted by Gasteiger charge is 2.40.